The first kappa shape index (κ1) is 15.1. The van der Waals surface area contributed by atoms with E-state index >= 15 is 0 Å². The first-order valence-corrected chi connectivity index (χ1v) is 8.80. The largest absolute Gasteiger partial charge is 0.376 e. The van der Waals surface area contributed by atoms with E-state index in [-0.39, 0.29) is 18.1 Å². The SMILES string of the molecule is Cn1cnc(C(=O)N[C@H]2C[C@H]3CNC[C@H]3C[C@@H]2OCC2CC2)c1. The van der Waals surface area contributed by atoms with E-state index in [4.69, 9.17) is 4.74 Å². The summed E-state index contributed by atoms with van der Waals surface area (Å²) in [6.07, 6.45) is 8.22. The smallest absolute Gasteiger partial charge is 0.271 e. The molecular weight excluding hydrogens is 292 g/mol. The van der Waals surface area contributed by atoms with Crippen LogP contribution in [-0.4, -0.2) is 47.3 Å². The summed E-state index contributed by atoms with van der Waals surface area (Å²) < 4.78 is 8.00. The Morgan fingerprint density at radius 1 is 1.39 bits per heavy atom. The maximum absolute atomic E-state index is 12.5. The van der Waals surface area contributed by atoms with Crippen molar-refractivity contribution in [3.8, 4) is 0 Å². The molecule has 2 heterocycles. The van der Waals surface area contributed by atoms with Crippen molar-refractivity contribution < 1.29 is 9.53 Å². The highest BCUT2D eigenvalue weighted by atomic mass is 16.5. The topological polar surface area (TPSA) is 68.2 Å². The molecule has 23 heavy (non-hydrogen) atoms. The van der Waals surface area contributed by atoms with Crippen molar-refractivity contribution in [3.05, 3.63) is 18.2 Å². The van der Waals surface area contributed by atoms with Crippen molar-refractivity contribution >= 4 is 5.91 Å². The molecule has 2 N–H and O–H groups in total. The number of amides is 1. The summed E-state index contributed by atoms with van der Waals surface area (Å²) >= 11 is 0. The third kappa shape index (κ3) is 3.43. The van der Waals surface area contributed by atoms with Crippen LogP contribution >= 0.6 is 0 Å². The molecule has 4 rings (SSSR count). The number of carbonyl (C=O) groups is 1. The highest BCUT2D eigenvalue weighted by Crippen LogP contribution is 2.36. The van der Waals surface area contributed by atoms with E-state index in [1.165, 1.54) is 12.8 Å². The van der Waals surface area contributed by atoms with Gasteiger partial charge in [0, 0.05) is 19.9 Å². The van der Waals surface area contributed by atoms with Gasteiger partial charge in [-0.1, -0.05) is 0 Å². The van der Waals surface area contributed by atoms with Crippen LogP contribution in [0.15, 0.2) is 12.5 Å². The van der Waals surface area contributed by atoms with Gasteiger partial charge in [-0.2, -0.15) is 0 Å². The van der Waals surface area contributed by atoms with Crippen LogP contribution in [0.3, 0.4) is 0 Å². The van der Waals surface area contributed by atoms with Crippen molar-refractivity contribution in [2.75, 3.05) is 19.7 Å². The summed E-state index contributed by atoms with van der Waals surface area (Å²) in [7, 11) is 1.88. The van der Waals surface area contributed by atoms with E-state index in [2.05, 4.69) is 15.6 Å². The van der Waals surface area contributed by atoms with E-state index in [1.807, 2.05) is 7.05 Å². The summed E-state index contributed by atoms with van der Waals surface area (Å²) in [6, 6.07) is 0.101. The summed E-state index contributed by atoms with van der Waals surface area (Å²) in [4.78, 5) is 16.6. The maximum Gasteiger partial charge on any atom is 0.271 e. The van der Waals surface area contributed by atoms with Crippen molar-refractivity contribution in [3.63, 3.8) is 0 Å². The fraction of sp³-hybridized carbons (Fsp3) is 0.765. The number of imidazole rings is 1. The Bertz CT molecular complexity index is 569. The Kier molecular flexibility index (Phi) is 4.11. The molecular formula is C17H26N4O2. The second-order valence-electron chi connectivity index (χ2n) is 7.47. The van der Waals surface area contributed by atoms with Crippen molar-refractivity contribution in [2.45, 2.75) is 37.8 Å². The Hall–Kier alpha value is -1.40. The van der Waals surface area contributed by atoms with Gasteiger partial charge in [-0.05, 0) is 56.5 Å². The monoisotopic (exact) mass is 318 g/mol. The molecule has 2 saturated carbocycles. The minimum Gasteiger partial charge on any atom is -0.376 e. The zero-order valence-corrected chi connectivity index (χ0v) is 13.7. The highest BCUT2D eigenvalue weighted by molar-refractivity contribution is 5.92. The Morgan fingerprint density at radius 3 is 2.87 bits per heavy atom. The predicted molar refractivity (Wildman–Crippen MR) is 86.0 cm³/mol. The molecule has 3 aliphatic rings. The molecule has 0 aromatic carbocycles. The highest BCUT2D eigenvalue weighted by Gasteiger charge is 2.41. The van der Waals surface area contributed by atoms with Gasteiger partial charge in [-0.25, -0.2) is 4.98 Å². The maximum atomic E-state index is 12.5. The second-order valence-corrected chi connectivity index (χ2v) is 7.47. The predicted octanol–water partition coefficient (Wildman–Crippen LogP) is 0.943. The average Bonchev–Trinajstić information content (AvgIpc) is 3.08. The van der Waals surface area contributed by atoms with Crippen molar-refractivity contribution in [1.82, 2.24) is 20.2 Å². The van der Waals surface area contributed by atoms with Crippen LogP contribution < -0.4 is 10.6 Å². The fourth-order valence-corrected chi connectivity index (χ4v) is 3.93. The molecule has 1 aromatic heterocycles. The Balaban J connectivity index is 1.42. The van der Waals surface area contributed by atoms with Crippen LogP contribution in [-0.2, 0) is 11.8 Å². The molecule has 3 fully saturated rings. The molecule has 1 amide bonds. The minimum atomic E-state index is -0.0833. The van der Waals surface area contributed by atoms with Crippen LogP contribution in [0.25, 0.3) is 0 Å². The van der Waals surface area contributed by atoms with Crippen LogP contribution in [0.2, 0.25) is 0 Å². The average molecular weight is 318 g/mol. The second kappa shape index (κ2) is 6.24. The quantitative estimate of drug-likeness (QED) is 0.848. The molecule has 1 aliphatic heterocycles. The molecule has 0 bridgehead atoms. The van der Waals surface area contributed by atoms with E-state index in [1.54, 1.807) is 17.1 Å². The van der Waals surface area contributed by atoms with Crippen LogP contribution in [0.5, 0.6) is 0 Å². The van der Waals surface area contributed by atoms with Gasteiger partial charge in [-0.15, -0.1) is 0 Å². The van der Waals surface area contributed by atoms with Gasteiger partial charge < -0.3 is 19.9 Å². The van der Waals surface area contributed by atoms with Crippen LogP contribution in [0.4, 0.5) is 0 Å². The molecule has 0 radical (unpaired) electrons. The molecule has 1 aromatic rings. The summed E-state index contributed by atoms with van der Waals surface area (Å²) in [5.74, 6) is 2.02. The molecule has 6 heteroatoms. The fourth-order valence-electron chi connectivity index (χ4n) is 3.93. The molecule has 4 atom stereocenters. The van der Waals surface area contributed by atoms with E-state index in [9.17, 15) is 4.79 Å². The first-order chi connectivity index (χ1) is 11.2. The molecule has 2 aliphatic carbocycles. The van der Waals surface area contributed by atoms with Gasteiger partial charge in [0.2, 0.25) is 0 Å². The summed E-state index contributed by atoms with van der Waals surface area (Å²) in [5.41, 5.74) is 0.486. The van der Waals surface area contributed by atoms with E-state index < -0.39 is 0 Å². The van der Waals surface area contributed by atoms with Crippen molar-refractivity contribution in [1.29, 1.82) is 0 Å². The van der Waals surface area contributed by atoms with Gasteiger partial charge >= 0.3 is 0 Å². The number of nitrogens with zero attached hydrogens (tertiary/aromatic N) is 2. The third-order valence-electron chi connectivity index (χ3n) is 5.52. The lowest BCUT2D eigenvalue weighted by Gasteiger charge is -2.38. The van der Waals surface area contributed by atoms with Crippen LogP contribution in [0.1, 0.15) is 36.2 Å². The number of hydrogen-bond donors (Lipinski definition) is 2. The standard InChI is InChI=1S/C17H26N4O2/c1-21-8-15(19-10-21)17(22)20-14-4-12-6-18-7-13(12)5-16(14)23-9-11-2-3-11/h8,10-14,16,18H,2-7,9H2,1H3,(H,20,22)/t12-,13+,14-,16-/m0/s1. The number of hydrogen-bond acceptors (Lipinski definition) is 4. The molecule has 1 saturated heterocycles. The third-order valence-corrected chi connectivity index (χ3v) is 5.52. The Morgan fingerprint density at radius 2 is 2.17 bits per heavy atom. The zero-order chi connectivity index (χ0) is 15.8. The number of aryl methyl sites for hydroxylation is 1. The lowest BCUT2D eigenvalue weighted by atomic mass is 9.77. The van der Waals surface area contributed by atoms with Gasteiger partial charge in [0.15, 0.2) is 0 Å². The lowest BCUT2D eigenvalue weighted by molar-refractivity contribution is -0.0212. The Labute approximate surface area is 137 Å². The number of fused-ring (bicyclic) bond motifs is 1. The summed E-state index contributed by atoms with van der Waals surface area (Å²) in [5, 5.41) is 6.67. The number of carbonyl (C=O) groups excluding carboxylic acids is 1. The van der Waals surface area contributed by atoms with Gasteiger partial charge in [-0.3, -0.25) is 4.79 Å². The van der Waals surface area contributed by atoms with Gasteiger partial charge in [0.25, 0.3) is 5.91 Å². The molecule has 0 spiro atoms. The number of rotatable bonds is 5. The van der Waals surface area contributed by atoms with Gasteiger partial charge in [0.05, 0.1) is 18.5 Å². The molecule has 126 valence electrons. The lowest BCUT2D eigenvalue weighted by Crippen LogP contribution is -2.50. The zero-order valence-electron chi connectivity index (χ0n) is 13.7. The van der Waals surface area contributed by atoms with E-state index in [0.29, 0.717) is 17.5 Å². The van der Waals surface area contributed by atoms with Crippen LogP contribution in [0, 0.1) is 17.8 Å². The first-order valence-electron chi connectivity index (χ1n) is 8.80. The van der Waals surface area contributed by atoms with Crippen molar-refractivity contribution in [2.24, 2.45) is 24.8 Å². The normalized spacial score (nSPS) is 33.4. The number of nitrogens with one attached hydrogen (secondary N) is 2. The van der Waals surface area contributed by atoms with Gasteiger partial charge in [0.1, 0.15) is 5.69 Å². The number of aromatic nitrogens is 2. The number of ether oxygens (including phenoxy) is 1. The van der Waals surface area contributed by atoms with E-state index in [0.717, 1.165) is 38.5 Å². The molecule has 6 nitrogen and oxygen atoms in total. The molecule has 0 unspecified atom stereocenters. The minimum absolute atomic E-state index is 0.0833. The summed E-state index contributed by atoms with van der Waals surface area (Å²) in [6.45, 7) is 3.01.